The van der Waals surface area contributed by atoms with Gasteiger partial charge in [-0.25, -0.2) is 0 Å². The van der Waals surface area contributed by atoms with E-state index in [4.69, 9.17) is 18.9 Å². The summed E-state index contributed by atoms with van der Waals surface area (Å²) < 4.78 is 22.6. The number of carbonyl (C=O) groups excluding carboxylic acids is 3. The molecule has 9 heteroatoms. The second kappa shape index (κ2) is 51.1. The van der Waals surface area contributed by atoms with E-state index in [-0.39, 0.29) is 38.6 Å². The average molecular weight is 968 g/mol. The van der Waals surface area contributed by atoms with E-state index >= 15 is 0 Å². The second-order valence-electron chi connectivity index (χ2n) is 19.8. The van der Waals surface area contributed by atoms with Gasteiger partial charge in [0.2, 0.25) is 0 Å². The summed E-state index contributed by atoms with van der Waals surface area (Å²) in [7, 11) is 5.90. The number of nitrogens with zero attached hydrogens (tertiary/aromatic N) is 1. The quantitative estimate of drug-likeness (QED) is 0.0195. The fraction of sp³-hybridized carbons (Fsp3) is 0.750. The normalized spacial score (nSPS) is 13.3. The number of hydrogen-bond donors (Lipinski definition) is 0. The van der Waals surface area contributed by atoms with E-state index in [2.05, 4.69) is 86.8 Å². The van der Waals surface area contributed by atoms with E-state index < -0.39 is 24.3 Å². The largest absolute Gasteiger partial charge is 0.545 e. The molecule has 0 aromatic carbocycles. The maximum absolute atomic E-state index is 12.8. The molecular weight excluding hydrogens is 863 g/mol. The van der Waals surface area contributed by atoms with Crippen molar-refractivity contribution in [3.8, 4) is 0 Å². The number of hydrogen-bond acceptors (Lipinski definition) is 8. The molecule has 2 atom stereocenters. The van der Waals surface area contributed by atoms with Gasteiger partial charge in [-0.15, -0.1) is 0 Å². The van der Waals surface area contributed by atoms with Crippen molar-refractivity contribution in [2.75, 3.05) is 47.5 Å². The molecule has 0 bridgehead atoms. The SMILES string of the molecule is CC/C=C\C/C=C\C/C=C\CCCCCC(=O)OCC(COC(OCC[N+](C)(C)C)C(=O)[O-])OC(=O)CCCCCCCCCCCCCCCCCC/C=C\C/C=C\C/C=C\CCCCCCC. The highest BCUT2D eigenvalue weighted by Gasteiger charge is 2.22. The molecular formula is C60H105NO8. The molecule has 2 unspecified atom stereocenters. The van der Waals surface area contributed by atoms with E-state index in [1.54, 1.807) is 0 Å². The van der Waals surface area contributed by atoms with Gasteiger partial charge in [0.25, 0.3) is 0 Å². The van der Waals surface area contributed by atoms with Gasteiger partial charge in [-0.3, -0.25) is 9.59 Å². The molecule has 0 aliphatic heterocycles. The van der Waals surface area contributed by atoms with E-state index in [1.807, 2.05) is 21.1 Å². The minimum Gasteiger partial charge on any atom is -0.545 e. The number of ether oxygens (including phenoxy) is 4. The number of quaternary nitrogens is 1. The lowest BCUT2D eigenvalue weighted by molar-refractivity contribution is -0.870. The Labute approximate surface area is 424 Å². The van der Waals surface area contributed by atoms with Gasteiger partial charge in [0, 0.05) is 12.8 Å². The predicted octanol–water partition coefficient (Wildman–Crippen LogP) is 14.9. The van der Waals surface area contributed by atoms with Crippen molar-refractivity contribution >= 4 is 17.9 Å². The van der Waals surface area contributed by atoms with Crippen LogP contribution in [0.1, 0.15) is 232 Å². The van der Waals surface area contributed by atoms with Crippen molar-refractivity contribution in [3.05, 3.63) is 72.9 Å². The first-order valence-corrected chi connectivity index (χ1v) is 28.1. The fourth-order valence-electron chi connectivity index (χ4n) is 7.62. The highest BCUT2D eigenvalue weighted by Crippen LogP contribution is 2.16. The zero-order chi connectivity index (χ0) is 50.6. The van der Waals surface area contributed by atoms with Crippen LogP contribution in [-0.2, 0) is 33.3 Å². The monoisotopic (exact) mass is 968 g/mol. The van der Waals surface area contributed by atoms with Crippen LogP contribution in [0.4, 0.5) is 0 Å². The van der Waals surface area contributed by atoms with Gasteiger partial charge in [-0.05, 0) is 83.5 Å². The summed E-state index contributed by atoms with van der Waals surface area (Å²) in [5, 5.41) is 11.7. The molecule has 69 heavy (non-hydrogen) atoms. The first kappa shape index (κ1) is 65.7. The van der Waals surface area contributed by atoms with Crippen molar-refractivity contribution in [1.82, 2.24) is 0 Å². The van der Waals surface area contributed by atoms with Crippen LogP contribution in [0.5, 0.6) is 0 Å². The molecule has 0 saturated heterocycles. The number of allylic oxidation sites excluding steroid dienone is 12. The van der Waals surface area contributed by atoms with E-state index in [0.29, 0.717) is 23.9 Å². The molecule has 0 aliphatic carbocycles. The summed E-state index contributed by atoms with van der Waals surface area (Å²) in [4.78, 5) is 37.1. The lowest BCUT2D eigenvalue weighted by Crippen LogP contribution is -2.44. The molecule has 0 saturated carbocycles. The van der Waals surface area contributed by atoms with E-state index in [0.717, 1.165) is 70.6 Å². The molecule has 0 aliphatic rings. The maximum Gasteiger partial charge on any atom is 0.306 e. The Bertz CT molecular complexity index is 1360. The van der Waals surface area contributed by atoms with Crippen LogP contribution in [0.2, 0.25) is 0 Å². The smallest absolute Gasteiger partial charge is 0.306 e. The first-order chi connectivity index (χ1) is 33.6. The Morgan fingerprint density at radius 1 is 0.449 bits per heavy atom. The molecule has 398 valence electrons. The Kier molecular flexibility index (Phi) is 48.7. The van der Waals surface area contributed by atoms with Crippen molar-refractivity contribution in [2.24, 2.45) is 0 Å². The molecule has 0 aromatic heterocycles. The molecule has 0 amide bonds. The third kappa shape index (κ3) is 52.4. The highest BCUT2D eigenvalue weighted by atomic mass is 16.7. The van der Waals surface area contributed by atoms with Crippen LogP contribution >= 0.6 is 0 Å². The molecule has 0 spiro atoms. The zero-order valence-electron chi connectivity index (χ0n) is 45.2. The number of likely N-dealkylation sites (N-methyl/N-ethyl adjacent to an activating group) is 1. The maximum atomic E-state index is 12.8. The van der Waals surface area contributed by atoms with Crippen LogP contribution in [0.25, 0.3) is 0 Å². The number of carboxylic acid groups (broad SMARTS) is 1. The zero-order valence-corrected chi connectivity index (χ0v) is 45.2. The molecule has 0 N–H and O–H groups in total. The Morgan fingerprint density at radius 3 is 1.25 bits per heavy atom. The molecule has 0 heterocycles. The van der Waals surface area contributed by atoms with Crippen molar-refractivity contribution in [3.63, 3.8) is 0 Å². The standard InChI is InChI=1S/C60H105NO8/c1-6-8-10-12-14-16-18-20-21-22-23-24-25-26-27-28-29-30-31-32-33-34-35-36-37-39-41-43-45-47-49-51-58(63)69-56(55-68-60(59(64)65)66-53-52-61(3,4)5)54-67-57(62)50-48-46-44-42-40-38-19-17-15-13-11-9-7-2/h9,11,15,17-18,20,22-23,25-26,38,40,56,60H,6-8,10,12-14,16,19,21,24,27-37,39,41-55H2,1-5H3/b11-9-,17-15-,20-18-,23-22-,26-25-,40-38-. The Balaban J connectivity index is 4.15. The van der Waals surface area contributed by atoms with Gasteiger partial charge in [0.1, 0.15) is 13.2 Å². The molecule has 0 radical (unpaired) electrons. The van der Waals surface area contributed by atoms with Crippen LogP contribution < -0.4 is 5.11 Å². The summed E-state index contributed by atoms with van der Waals surface area (Å²) in [6.07, 6.45) is 62.5. The summed E-state index contributed by atoms with van der Waals surface area (Å²) in [6.45, 7) is 4.58. The molecule has 0 fully saturated rings. The third-order valence-electron chi connectivity index (χ3n) is 11.9. The van der Waals surface area contributed by atoms with Gasteiger partial charge < -0.3 is 33.3 Å². The summed E-state index contributed by atoms with van der Waals surface area (Å²) in [5.74, 6) is -2.32. The Morgan fingerprint density at radius 2 is 0.826 bits per heavy atom. The fourth-order valence-corrected chi connectivity index (χ4v) is 7.62. The van der Waals surface area contributed by atoms with E-state index in [9.17, 15) is 19.5 Å². The molecule has 0 rings (SSSR count). The number of unbranched alkanes of at least 4 members (excludes halogenated alkanes) is 24. The number of carbonyl (C=O) groups is 3. The van der Waals surface area contributed by atoms with Crippen molar-refractivity contribution in [2.45, 2.75) is 245 Å². The second-order valence-corrected chi connectivity index (χ2v) is 19.8. The topological polar surface area (TPSA) is 111 Å². The van der Waals surface area contributed by atoms with Gasteiger partial charge in [-0.1, -0.05) is 209 Å². The number of carboxylic acids is 1. The number of rotatable bonds is 51. The molecule has 9 nitrogen and oxygen atoms in total. The lowest BCUT2D eigenvalue weighted by Gasteiger charge is -2.26. The average Bonchev–Trinajstić information content (AvgIpc) is 3.31. The molecule has 0 aromatic rings. The number of aliphatic carboxylic acids is 1. The van der Waals surface area contributed by atoms with Gasteiger partial charge in [-0.2, -0.15) is 0 Å². The summed E-state index contributed by atoms with van der Waals surface area (Å²) >= 11 is 0. The summed E-state index contributed by atoms with van der Waals surface area (Å²) in [5.41, 5.74) is 0. The minimum atomic E-state index is -1.63. The van der Waals surface area contributed by atoms with Gasteiger partial charge in [0.15, 0.2) is 12.4 Å². The third-order valence-corrected chi connectivity index (χ3v) is 11.9. The summed E-state index contributed by atoms with van der Waals surface area (Å²) in [6, 6.07) is 0. The lowest BCUT2D eigenvalue weighted by atomic mass is 10.0. The van der Waals surface area contributed by atoms with Crippen molar-refractivity contribution < 1.29 is 42.9 Å². The van der Waals surface area contributed by atoms with Gasteiger partial charge >= 0.3 is 11.9 Å². The minimum absolute atomic E-state index is 0.141. The van der Waals surface area contributed by atoms with Crippen LogP contribution in [-0.4, -0.2) is 82.3 Å². The van der Waals surface area contributed by atoms with E-state index in [1.165, 1.54) is 122 Å². The Hall–Kier alpha value is -3.27. The van der Waals surface area contributed by atoms with Crippen LogP contribution in [0, 0.1) is 0 Å². The predicted molar refractivity (Wildman–Crippen MR) is 288 cm³/mol. The van der Waals surface area contributed by atoms with Gasteiger partial charge in [0.05, 0.1) is 40.3 Å². The van der Waals surface area contributed by atoms with Crippen LogP contribution in [0.15, 0.2) is 72.9 Å². The highest BCUT2D eigenvalue weighted by molar-refractivity contribution is 5.70. The van der Waals surface area contributed by atoms with Crippen molar-refractivity contribution in [1.29, 1.82) is 0 Å². The first-order valence-electron chi connectivity index (χ1n) is 28.1. The van der Waals surface area contributed by atoms with Crippen LogP contribution in [0.3, 0.4) is 0 Å². The number of esters is 2.